The maximum Gasteiger partial charge on any atom is 0.283 e. The number of aliphatic imine (C=N–C) groups is 2. The Kier molecular flexibility index (Phi) is 5.10. The molecular weight excluding hydrogens is 340 g/mol. The number of ether oxygens (including phenoxy) is 1. The van der Waals surface area contributed by atoms with E-state index in [2.05, 4.69) is 16.7 Å². The van der Waals surface area contributed by atoms with E-state index in [-0.39, 0.29) is 18.1 Å². The molecular formula is C17H16F4N2O2. The lowest BCUT2D eigenvalue weighted by Gasteiger charge is -2.19. The van der Waals surface area contributed by atoms with Gasteiger partial charge in [0.2, 0.25) is 5.90 Å². The van der Waals surface area contributed by atoms with Crippen LogP contribution in [0.4, 0.5) is 17.6 Å². The number of amides is 1. The number of hydrogen-bond acceptors (Lipinski definition) is 3. The Hall–Kier alpha value is -2.51. The van der Waals surface area contributed by atoms with Crippen molar-refractivity contribution in [3.05, 3.63) is 47.0 Å². The van der Waals surface area contributed by atoms with E-state index in [9.17, 15) is 22.4 Å². The van der Waals surface area contributed by atoms with Gasteiger partial charge in [0.25, 0.3) is 17.8 Å². The van der Waals surface area contributed by atoms with Gasteiger partial charge in [-0.1, -0.05) is 6.08 Å². The number of alkyl halides is 4. The molecule has 1 aliphatic rings. The number of halogens is 4. The van der Waals surface area contributed by atoms with Gasteiger partial charge in [-0.2, -0.15) is 0 Å². The van der Waals surface area contributed by atoms with E-state index in [4.69, 9.17) is 4.74 Å². The summed E-state index contributed by atoms with van der Waals surface area (Å²) in [5, 5.41) is 0. The minimum Gasteiger partial charge on any atom is -0.468 e. The minimum atomic E-state index is -3.27. The first-order valence-corrected chi connectivity index (χ1v) is 7.30. The molecule has 0 fully saturated rings. The maximum absolute atomic E-state index is 13.6. The van der Waals surface area contributed by atoms with Gasteiger partial charge >= 0.3 is 0 Å². The van der Waals surface area contributed by atoms with Crippen molar-refractivity contribution in [2.24, 2.45) is 9.98 Å². The summed E-state index contributed by atoms with van der Waals surface area (Å²) in [5.41, 5.74) is -0.866. The predicted octanol–water partition coefficient (Wildman–Crippen LogP) is 4.16. The highest BCUT2D eigenvalue weighted by Crippen LogP contribution is 2.37. The first-order chi connectivity index (χ1) is 11.5. The van der Waals surface area contributed by atoms with Gasteiger partial charge in [-0.3, -0.25) is 4.79 Å². The average molecular weight is 356 g/mol. The number of nitrogens with zero attached hydrogens (tertiary/aromatic N) is 2. The molecule has 0 aromatic heterocycles. The quantitative estimate of drug-likeness (QED) is 0.587. The van der Waals surface area contributed by atoms with Crippen molar-refractivity contribution < 1.29 is 27.1 Å². The van der Waals surface area contributed by atoms with Gasteiger partial charge in [-0.25, -0.2) is 27.5 Å². The van der Waals surface area contributed by atoms with Crippen LogP contribution in [0.3, 0.4) is 0 Å². The highest BCUT2D eigenvalue weighted by Gasteiger charge is 2.32. The molecule has 134 valence electrons. The normalized spacial score (nSPS) is 17.4. The third-order valence-electron chi connectivity index (χ3n) is 3.52. The van der Waals surface area contributed by atoms with Gasteiger partial charge in [0.1, 0.15) is 0 Å². The van der Waals surface area contributed by atoms with Crippen molar-refractivity contribution in [3.8, 4) is 0 Å². The number of rotatable bonds is 5. The molecule has 0 saturated carbocycles. The average Bonchev–Trinajstić information content (AvgIpc) is 2.99. The Morgan fingerprint density at radius 3 is 2.24 bits per heavy atom. The van der Waals surface area contributed by atoms with E-state index < -0.39 is 34.9 Å². The van der Waals surface area contributed by atoms with Crippen LogP contribution in [-0.2, 0) is 21.4 Å². The third-order valence-corrected chi connectivity index (χ3v) is 3.52. The van der Waals surface area contributed by atoms with E-state index in [1.807, 2.05) is 0 Å². The van der Waals surface area contributed by atoms with Crippen LogP contribution in [0.25, 0.3) is 0 Å². The summed E-state index contributed by atoms with van der Waals surface area (Å²) in [7, 11) is 0. The van der Waals surface area contributed by atoms with Crippen molar-refractivity contribution in [1.82, 2.24) is 0 Å². The van der Waals surface area contributed by atoms with Crippen molar-refractivity contribution in [1.29, 1.82) is 0 Å². The highest BCUT2D eigenvalue weighted by molar-refractivity contribution is 5.92. The van der Waals surface area contributed by atoms with Crippen molar-refractivity contribution in [2.75, 3.05) is 6.61 Å². The van der Waals surface area contributed by atoms with Crippen LogP contribution in [0.2, 0.25) is 0 Å². The molecule has 0 saturated heterocycles. The Balaban J connectivity index is 2.33. The number of benzene rings is 1. The predicted molar refractivity (Wildman–Crippen MR) is 85.4 cm³/mol. The zero-order valence-electron chi connectivity index (χ0n) is 13.6. The SMILES string of the molecule is C=NC(=O)COC1=NC(c2cc(C(C)(F)F)cc(C(C)(F)F)c2)C=C1. The Morgan fingerprint density at radius 1 is 1.20 bits per heavy atom. The van der Waals surface area contributed by atoms with Crippen LogP contribution in [0.1, 0.15) is 36.6 Å². The Labute approximate surface area is 141 Å². The highest BCUT2D eigenvalue weighted by atomic mass is 19.3. The van der Waals surface area contributed by atoms with Crippen LogP contribution in [0.15, 0.2) is 40.3 Å². The van der Waals surface area contributed by atoms with Gasteiger partial charge in [0.05, 0.1) is 6.04 Å². The van der Waals surface area contributed by atoms with Crippen molar-refractivity contribution in [2.45, 2.75) is 31.7 Å². The van der Waals surface area contributed by atoms with Crippen molar-refractivity contribution in [3.63, 3.8) is 0 Å². The molecule has 1 heterocycles. The van der Waals surface area contributed by atoms with E-state index in [1.165, 1.54) is 12.2 Å². The van der Waals surface area contributed by atoms with E-state index in [1.54, 1.807) is 0 Å². The first-order valence-electron chi connectivity index (χ1n) is 7.30. The fraction of sp³-hybridized carbons (Fsp3) is 0.353. The molecule has 1 amide bonds. The fourth-order valence-corrected chi connectivity index (χ4v) is 2.18. The molecule has 1 aromatic rings. The zero-order chi connectivity index (χ0) is 18.8. The lowest BCUT2D eigenvalue weighted by Crippen LogP contribution is -2.14. The van der Waals surface area contributed by atoms with E-state index >= 15 is 0 Å². The summed E-state index contributed by atoms with van der Waals surface area (Å²) < 4.78 is 59.6. The summed E-state index contributed by atoms with van der Waals surface area (Å²) in [6, 6.07) is 2.29. The summed E-state index contributed by atoms with van der Waals surface area (Å²) >= 11 is 0. The molecule has 2 rings (SSSR count). The molecule has 1 aliphatic heterocycles. The molecule has 1 aromatic carbocycles. The lowest BCUT2D eigenvalue weighted by atomic mass is 9.96. The third kappa shape index (κ3) is 4.74. The lowest BCUT2D eigenvalue weighted by molar-refractivity contribution is -0.119. The molecule has 4 nitrogen and oxygen atoms in total. The minimum absolute atomic E-state index is 0.0838. The molecule has 8 heteroatoms. The second kappa shape index (κ2) is 6.78. The number of hydrogen-bond donors (Lipinski definition) is 0. The molecule has 0 radical (unpaired) electrons. The largest absolute Gasteiger partial charge is 0.468 e. The summed E-state index contributed by atoms with van der Waals surface area (Å²) in [4.78, 5) is 18.3. The second-order valence-corrected chi connectivity index (χ2v) is 5.73. The van der Waals surface area contributed by atoms with Crippen LogP contribution >= 0.6 is 0 Å². The van der Waals surface area contributed by atoms with Gasteiger partial charge in [-0.15, -0.1) is 0 Å². The smallest absolute Gasteiger partial charge is 0.283 e. The summed E-state index contributed by atoms with van der Waals surface area (Å²) in [6.07, 6.45) is 2.94. The fourth-order valence-electron chi connectivity index (χ4n) is 2.18. The van der Waals surface area contributed by atoms with Crippen LogP contribution in [-0.4, -0.2) is 25.1 Å². The standard InChI is InChI=1S/C17H16F4N2O2/c1-16(18,19)11-6-10(7-12(8-11)17(2,20)21)13-4-5-15(23-13)25-9-14(24)22-3/h4-8,13H,3,9H2,1-2H3. The van der Waals surface area contributed by atoms with Crippen LogP contribution in [0, 0.1) is 0 Å². The van der Waals surface area contributed by atoms with Crippen molar-refractivity contribution >= 4 is 18.5 Å². The first kappa shape index (κ1) is 18.8. The molecule has 0 N–H and O–H groups in total. The monoisotopic (exact) mass is 356 g/mol. The molecule has 0 bridgehead atoms. The molecule has 25 heavy (non-hydrogen) atoms. The maximum atomic E-state index is 13.6. The van der Waals surface area contributed by atoms with Gasteiger partial charge < -0.3 is 4.74 Å². The van der Waals surface area contributed by atoms with Gasteiger partial charge in [0, 0.05) is 25.0 Å². The number of carbonyl (C=O) groups is 1. The van der Waals surface area contributed by atoms with E-state index in [0.717, 1.165) is 18.2 Å². The summed E-state index contributed by atoms with van der Waals surface area (Å²) in [5.74, 6) is -7.06. The molecule has 0 spiro atoms. The topological polar surface area (TPSA) is 51.0 Å². The Morgan fingerprint density at radius 2 is 1.76 bits per heavy atom. The Bertz CT molecular complexity index is 714. The zero-order valence-corrected chi connectivity index (χ0v) is 13.6. The summed E-state index contributed by atoms with van der Waals surface area (Å²) in [6.45, 7) is 3.96. The second-order valence-electron chi connectivity index (χ2n) is 5.73. The van der Waals surface area contributed by atoms with Gasteiger partial charge in [-0.05, 0) is 36.6 Å². The molecule has 1 atom stereocenters. The van der Waals surface area contributed by atoms with Crippen LogP contribution < -0.4 is 0 Å². The van der Waals surface area contributed by atoms with Crippen LogP contribution in [0.5, 0.6) is 0 Å². The molecule has 0 aliphatic carbocycles. The number of carbonyl (C=O) groups excluding carboxylic acids is 1. The van der Waals surface area contributed by atoms with Gasteiger partial charge in [0.15, 0.2) is 6.61 Å². The molecule has 1 unspecified atom stereocenters. The van der Waals surface area contributed by atoms with E-state index in [0.29, 0.717) is 13.8 Å².